The molecule has 0 heterocycles. The summed E-state index contributed by atoms with van der Waals surface area (Å²) in [5.74, 6) is 0.381. The maximum absolute atomic E-state index is 14.3. The van der Waals surface area contributed by atoms with E-state index in [4.69, 9.17) is 10.5 Å². The van der Waals surface area contributed by atoms with Crippen LogP contribution in [0.2, 0.25) is 0 Å². The molecule has 1 saturated carbocycles. The van der Waals surface area contributed by atoms with Crippen molar-refractivity contribution in [2.45, 2.75) is 44.6 Å². The third-order valence-electron chi connectivity index (χ3n) is 3.76. The van der Waals surface area contributed by atoms with Gasteiger partial charge in [-0.1, -0.05) is 25.3 Å². The van der Waals surface area contributed by atoms with E-state index in [2.05, 4.69) is 0 Å². The van der Waals surface area contributed by atoms with Gasteiger partial charge in [-0.3, -0.25) is 0 Å². The first-order chi connectivity index (χ1) is 8.08. The molecule has 0 saturated heterocycles. The highest BCUT2D eigenvalue weighted by molar-refractivity contribution is 5.43. The minimum absolute atomic E-state index is 0.200. The summed E-state index contributed by atoms with van der Waals surface area (Å²) in [7, 11) is 1.57. The highest BCUT2D eigenvalue weighted by atomic mass is 19.1. The van der Waals surface area contributed by atoms with Crippen molar-refractivity contribution in [3.05, 3.63) is 29.1 Å². The molecular weight excluding hydrogens is 217 g/mol. The molecule has 0 radical (unpaired) electrons. The molecule has 2 rings (SSSR count). The fraction of sp³-hybridized carbons (Fsp3) is 0.571. The number of halogens is 1. The molecule has 3 heteroatoms. The zero-order valence-electron chi connectivity index (χ0n) is 10.6. The molecule has 0 aliphatic heterocycles. The highest BCUT2D eigenvalue weighted by Crippen LogP contribution is 2.41. The summed E-state index contributed by atoms with van der Waals surface area (Å²) in [5, 5.41) is 0. The van der Waals surface area contributed by atoms with Crippen molar-refractivity contribution in [1.29, 1.82) is 0 Å². The molecule has 2 nitrogen and oxygen atoms in total. The van der Waals surface area contributed by atoms with E-state index < -0.39 is 5.54 Å². The monoisotopic (exact) mass is 237 g/mol. The second-order valence-corrected chi connectivity index (χ2v) is 4.99. The third kappa shape index (κ3) is 2.16. The van der Waals surface area contributed by atoms with E-state index in [0.29, 0.717) is 16.9 Å². The van der Waals surface area contributed by atoms with Gasteiger partial charge in [-0.25, -0.2) is 4.39 Å². The number of hydrogen-bond donors (Lipinski definition) is 1. The summed E-state index contributed by atoms with van der Waals surface area (Å²) in [6.45, 7) is 1.77. The predicted molar refractivity (Wildman–Crippen MR) is 66.6 cm³/mol. The summed E-state index contributed by atoms with van der Waals surface area (Å²) in [4.78, 5) is 0. The van der Waals surface area contributed by atoms with E-state index in [1.54, 1.807) is 20.1 Å². The number of aryl methyl sites for hydroxylation is 1. The Morgan fingerprint density at radius 1 is 1.24 bits per heavy atom. The summed E-state index contributed by atoms with van der Waals surface area (Å²) in [5.41, 5.74) is 7.06. The average molecular weight is 237 g/mol. The molecule has 1 aliphatic carbocycles. The Labute approximate surface area is 102 Å². The molecule has 0 amide bonds. The molecular formula is C14H20FNO. The van der Waals surface area contributed by atoms with Crippen LogP contribution < -0.4 is 10.5 Å². The van der Waals surface area contributed by atoms with Gasteiger partial charge in [0.2, 0.25) is 0 Å². The number of ether oxygens (including phenoxy) is 1. The summed E-state index contributed by atoms with van der Waals surface area (Å²) < 4.78 is 19.6. The number of hydrogen-bond acceptors (Lipinski definition) is 2. The minimum atomic E-state index is -0.556. The number of benzene rings is 1. The maximum atomic E-state index is 14.3. The first kappa shape index (κ1) is 12.4. The first-order valence-corrected chi connectivity index (χ1v) is 6.21. The van der Waals surface area contributed by atoms with Crippen LogP contribution in [0.3, 0.4) is 0 Å². The molecule has 0 bridgehead atoms. The fourth-order valence-corrected chi connectivity index (χ4v) is 2.73. The van der Waals surface area contributed by atoms with Crippen LogP contribution in [0.15, 0.2) is 12.1 Å². The van der Waals surface area contributed by atoms with Crippen molar-refractivity contribution in [2.75, 3.05) is 7.11 Å². The van der Waals surface area contributed by atoms with Crippen LogP contribution in [0.25, 0.3) is 0 Å². The Morgan fingerprint density at radius 3 is 2.47 bits per heavy atom. The van der Waals surface area contributed by atoms with Gasteiger partial charge in [0.1, 0.15) is 11.6 Å². The molecule has 2 N–H and O–H groups in total. The van der Waals surface area contributed by atoms with E-state index in [1.807, 2.05) is 6.07 Å². The standard InChI is InChI=1S/C14H20FNO/c1-10-6-7-11(17-2)12(13(10)15)14(16)8-4-3-5-9-14/h6-7H,3-5,8-9,16H2,1-2H3. The number of methoxy groups -OCH3 is 1. The van der Waals surface area contributed by atoms with Gasteiger partial charge in [0.05, 0.1) is 7.11 Å². The summed E-state index contributed by atoms with van der Waals surface area (Å²) >= 11 is 0. The van der Waals surface area contributed by atoms with E-state index in [1.165, 1.54) is 6.42 Å². The molecule has 94 valence electrons. The highest BCUT2D eigenvalue weighted by Gasteiger charge is 2.35. The van der Waals surface area contributed by atoms with E-state index >= 15 is 0 Å². The van der Waals surface area contributed by atoms with Crippen molar-refractivity contribution >= 4 is 0 Å². The lowest BCUT2D eigenvalue weighted by atomic mass is 9.76. The minimum Gasteiger partial charge on any atom is -0.496 e. The normalized spacial score (nSPS) is 19.1. The van der Waals surface area contributed by atoms with E-state index in [-0.39, 0.29) is 5.82 Å². The number of rotatable bonds is 2. The SMILES string of the molecule is COc1ccc(C)c(F)c1C1(N)CCCCC1. The Hall–Kier alpha value is -1.09. The lowest BCUT2D eigenvalue weighted by Gasteiger charge is -2.35. The van der Waals surface area contributed by atoms with Crippen molar-refractivity contribution in [1.82, 2.24) is 0 Å². The van der Waals surface area contributed by atoms with Gasteiger partial charge < -0.3 is 10.5 Å². The van der Waals surface area contributed by atoms with Gasteiger partial charge >= 0.3 is 0 Å². The smallest absolute Gasteiger partial charge is 0.134 e. The van der Waals surface area contributed by atoms with Gasteiger partial charge in [0, 0.05) is 11.1 Å². The van der Waals surface area contributed by atoms with Gasteiger partial charge in [0.25, 0.3) is 0 Å². The lowest BCUT2D eigenvalue weighted by Crippen LogP contribution is -2.40. The van der Waals surface area contributed by atoms with Crippen LogP contribution in [-0.4, -0.2) is 7.11 Å². The molecule has 0 aromatic heterocycles. The van der Waals surface area contributed by atoms with Crippen molar-refractivity contribution < 1.29 is 9.13 Å². The van der Waals surface area contributed by atoms with Gasteiger partial charge in [0.15, 0.2) is 0 Å². The Morgan fingerprint density at radius 2 is 1.88 bits per heavy atom. The zero-order chi connectivity index (χ0) is 12.5. The molecule has 1 aromatic rings. The summed E-state index contributed by atoms with van der Waals surface area (Å²) in [6, 6.07) is 3.56. The van der Waals surface area contributed by atoms with Crippen LogP contribution in [0, 0.1) is 12.7 Å². The average Bonchev–Trinajstić information content (AvgIpc) is 2.33. The second kappa shape index (κ2) is 4.65. The van der Waals surface area contributed by atoms with Crippen molar-refractivity contribution in [3.63, 3.8) is 0 Å². The first-order valence-electron chi connectivity index (χ1n) is 6.21. The van der Waals surface area contributed by atoms with Gasteiger partial charge in [-0.2, -0.15) is 0 Å². The number of nitrogens with two attached hydrogens (primary N) is 1. The summed E-state index contributed by atoms with van der Waals surface area (Å²) in [6.07, 6.45) is 4.99. The quantitative estimate of drug-likeness (QED) is 0.856. The Bertz CT molecular complexity index is 411. The third-order valence-corrected chi connectivity index (χ3v) is 3.76. The van der Waals surface area contributed by atoms with Crippen molar-refractivity contribution in [3.8, 4) is 5.75 Å². The topological polar surface area (TPSA) is 35.2 Å². The van der Waals surface area contributed by atoms with E-state index in [9.17, 15) is 4.39 Å². The van der Waals surface area contributed by atoms with Gasteiger partial charge in [-0.15, -0.1) is 0 Å². The van der Waals surface area contributed by atoms with Crippen LogP contribution in [0.5, 0.6) is 5.75 Å². The predicted octanol–water partition coefficient (Wildman–Crippen LogP) is 3.26. The Balaban J connectivity index is 2.51. The molecule has 0 spiro atoms. The second-order valence-electron chi connectivity index (χ2n) is 4.99. The molecule has 1 aliphatic rings. The molecule has 17 heavy (non-hydrogen) atoms. The van der Waals surface area contributed by atoms with E-state index in [0.717, 1.165) is 25.7 Å². The van der Waals surface area contributed by atoms with Crippen LogP contribution in [-0.2, 0) is 5.54 Å². The Kier molecular flexibility index (Phi) is 3.38. The maximum Gasteiger partial charge on any atom is 0.134 e. The largest absolute Gasteiger partial charge is 0.496 e. The lowest BCUT2D eigenvalue weighted by molar-refractivity contribution is 0.278. The van der Waals surface area contributed by atoms with Crippen LogP contribution >= 0.6 is 0 Å². The van der Waals surface area contributed by atoms with Gasteiger partial charge in [-0.05, 0) is 31.4 Å². The van der Waals surface area contributed by atoms with Crippen LogP contribution in [0.4, 0.5) is 4.39 Å². The molecule has 0 unspecified atom stereocenters. The van der Waals surface area contributed by atoms with Crippen molar-refractivity contribution in [2.24, 2.45) is 5.73 Å². The zero-order valence-corrected chi connectivity index (χ0v) is 10.6. The van der Waals surface area contributed by atoms with Crippen LogP contribution in [0.1, 0.15) is 43.2 Å². The molecule has 1 aromatic carbocycles. The fourth-order valence-electron chi connectivity index (χ4n) is 2.73. The molecule has 1 fully saturated rings. The molecule has 0 atom stereocenters.